The maximum Gasteiger partial charge on any atom is 0.282 e. The van der Waals surface area contributed by atoms with Crippen LogP contribution in [0.2, 0.25) is 0 Å². The smallest absolute Gasteiger partial charge is 0.282 e. The lowest BCUT2D eigenvalue weighted by atomic mass is 10.2. The van der Waals surface area contributed by atoms with Gasteiger partial charge in [0.05, 0.1) is 27.2 Å². The lowest BCUT2D eigenvalue weighted by Gasteiger charge is -2.02. The van der Waals surface area contributed by atoms with Gasteiger partial charge in [0.25, 0.3) is 5.91 Å². The number of sulfone groups is 1. The first-order chi connectivity index (χ1) is 12.7. The number of amides is 1. The first-order valence-electron chi connectivity index (χ1n) is 7.51. The Morgan fingerprint density at radius 2 is 2.00 bits per heavy atom. The summed E-state index contributed by atoms with van der Waals surface area (Å²) in [5.74, 6) is -0.284. The third-order valence-corrected chi connectivity index (χ3v) is 5.84. The molecule has 0 aliphatic heterocycles. The minimum absolute atomic E-state index is 0.0796. The van der Waals surface area contributed by atoms with Crippen molar-refractivity contribution in [1.29, 1.82) is 0 Å². The van der Waals surface area contributed by atoms with Crippen molar-refractivity contribution in [3.63, 3.8) is 0 Å². The van der Waals surface area contributed by atoms with Crippen molar-refractivity contribution < 1.29 is 22.0 Å². The van der Waals surface area contributed by atoms with Crippen LogP contribution in [0.1, 0.15) is 10.4 Å². The molecule has 3 rings (SSSR count). The molecule has 0 radical (unpaired) electrons. The topological polar surface area (TPSA) is 68.5 Å². The first-order valence-corrected chi connectivity index (χ1v) is 10.2. The normalized spacial score (nSPS) is 12.3. The Labute approximate surface area is 157 Å². The zero-order valence-electron chi connectivity index (χ0n) is 13.9. The van der Waals surface area contributed by atoms with Gasteiger partial charge in [-0.15, -0.1) is 6.42 Å². The summed E-state index contributed by atoms with van der Waals surface area (Å²) in [6.07, 6.45) is 6.46. The second-order valence-corrected chi connectivity index (χ2v) is 8.64. The molecule has 2 aromatic carbocycles. The molecule has 3 aromatic rings. The molecule has 138 valence electrons. The van der Waals surface area contributed by atoms with Gasteiger partial charge in [0, 0.05) is 12.3 Å². The van der Waals surface area contributed by atoms with E-state index in [0.717, 1.165) is 29.7 Å². The molecule has 0 unspecified atom stereocenters. The molecule has 0 bridgehead atoms. The number of halogens is 2. The van der Waals surface area contributed by atoms with Gasteiger partial charge >= 0.3 is 0 Å². The number of nitrogens with zero attached hydrogens (tertiary/aromatic N) is 2. The van der Waals surface area contributed by atoms with Crippen LogP contribution >= 0.6 is 11.3 Å². The maximum atomic E-state index is 13.8. The van der Waals surface area contributed by atoms with Crippen LogP contribution in [-0.2, 0) is 16.4 Å². The molecule has 0 spiro atoms. The molecule has 0 fully saturated rings. The van der Waals surface area contributed by atoms with Gasteiger partial charge in [0.2, 0.25) is 0 Å². The standard InChI is InChI=1S/C18H12F2N2O3S2/c1-3-8-22-15-7-5-12(27(2,24)25)10-16(15)26-18(22)21-17(23)13-6-4-11(19)9-14(13)20/h1,4-7,9-10H,8H2,2H3. The summed E-state index contributed by atoms with van der Waals surface area (Å²) in [4.78, 5) is 16.5. The van der Waals surface area contributed by atoms with Crippen LogP contribution in [0.25, 0.3) is 10.2 Å². The van der Waals surface area contributed by atoms with Crippen LogP contribution in [-0.4, -0.2) is 25.1 Å². The van der Waals surface area contributed by atoms with E-state index in [-0.39, 0.29) is 21.8 Å². The highest BCUT2D eigenvalue weighted by molar-refractivity contribution is 7.90. The average Bonchev–Trinajstić information content (AvgIpc) is 2.91. The summed E-state index contributed by atoms with van der Waals surface area (Å²) in [5.41, 5.74) is 0.217. The Bertz CT molecular complexity index is 1280. The van der Waals surface area contributed by atoms with E-state index in [0.29, 0.717) is 16.3 Å². The molecule has 0 N–H and O–H groups in total. The van der Waals surface area contributed by atoms with E-state index in [2.05, 4.69) is 10.9 Å². The van der Waals surface area contributed by atoms with Crippen LogP contribution in [0.15, 0.2) is 46.3 Å². The van der Waals surface area contributed by atoms with Crippen molar-refractivity contribution in [3.8, 4) is 12.3 Å². The highest BCUT2D eigenvalue weighted by Gasteiger charge is 2.15. The van der Waals surface area contributed by atoms with Gasteiger partial charge in [0.15, 0.2) is 14.6 Å². The molecule has 0 saturated carbocycles. The lowest BCUT2D eigenvalue weighted by Crippen LogP contribution is -2.17. The quantitative estimate of drug-likeness (QED) is 0.628. The zero-order valence-corrected chi connectivity index (χ0v) is 15.6. The van der Waals surface area contributed by atoms with Gasteiger partial charge in [-0.05, 0) is 30.3 Å². The minimum Gasteiger partial charge on any atom is -0.305 e. The molecule has 0 atom stereocenters. The summed E-state index contributed by atoms with van der Waals surface area (Å²) in [7, 11) is -3.41. The lowest BCUT2D eigenvalue weighted by molar-refractivity contribution is 0.0994. The van der Waals surface area contributed by atoms with E-state index >= 15 is 0 Å². The van der Waals surface area contributed by atoms with Gasteiger partial charge in [0.1, 0.15) is 11.6 Å². The van der Waals surface area contributed by atoms with Crippen molar-refractivity contribution in [1.82, 2.24) is 4.57 Å². The summed E-state index contributed by atoms with van der Waals surface area (Å²) >= 11 is 1.05. The van der Waals surface area contributed by atoms with Crippen LogP contribution in [0.3, 0.4) is 0 Å². The average molecular weight is 406 g/mol. The molecule has 9 heteroatoms. The number of fused-ring (bicyclic) bond motifs is 1. The highest BCUT2D eigenvalue weighted by atomic mass is 32.2. The molecule has 1 amide bonds. The number of thiazole rings is 1. The fourth-order valence-corrected chi connectivity index (χ4v) is 4.21. The molecule has 0 aliphatic rings. The van der Waals surface area contributed by atoms with E-state index in [1.165, 1.54) is 12.1 Å². The summed E-state index contributed by atoms with van der Waals surface area (Å²) in [5, 5.41) is 0. The fourth-order valence-electron chi connectivity index (χ4n) is 2.42. The molecule has 0 aliphatic carbocycles. The van der Waals surface area contributed by atoms with Crippen LogP contribution in [0.5, 0.6) is 0 Å². The fraction of sp³-hybridized carbons (Fsp3) is 0.111. The Balaban J connectivity index is 2.20. The first kappa shape index (κ1) is 18.9. The van der Waals surface area contributed by atoms with Gasteiger partial charge in [-0.3, -0.25) is 4.79 Å². The van der Waals surface area contributed by atoms with E-state index in [1.807, 2.05) is 0 Å². The molecular formula is C18H12F2N2O3S2. The van der Waals surface area contributed by atoms with E-state index < -0.39 is 27.4 Å². The zero-order chi connectivity index (χ0) is 19.8. The van der Waals surface area contributed by atoms with Crippen molar-refractivity contribution in [3.05, 3.63) is 58.4 Å². The van der Waals surface area contributed by atoms with Crippen molar-refractivity contribution in [2.45, 2.75) is 11.4 Å². The number of benzene rings is 2. The molecule has 1 heterocycles. The number of rotatable bonds is 3. The SMILES string of the molecule is C#CCn1c(=NC(=O)c2ccc(F)cc2F)sc2cc(S(C)(=O)=O)ccc21. The number of terminal acetylenes is 1. The molecule has 27 heavy (non-hydrogen) atoms. The van der Waals surface area contributed by atoms with E-state index in [9.17, 15) is 22.0 Å². The Hall–Kier alpha value is -2.83. The van der Waals surface area contributed by atoms with Crippen LogP contribution in [0, 0.1) is 24.0 Å². The number of hydrogen-bond donors (Lipinski definition) is 0. The molecule has 0 saturated heterocycles. The third-order valence-electron chi connectivity index (χ3n) is 3.69. The Kier molecular flexibility index (Phi) is 4.95. The third kappa shape index (κ3) is 3.82. The predicted octanol–water partition coefficient (Wildman–Crippen LogP) is 2.76. The Morgan fingerprint density at radius 3 is 2.63 bits per heavy atom. The van der Waals surface area contributed by atoms with E-state index in [4.69, 9.17) is 6.42 Å². The number of carbonyl (C=O) groups excluding carboxylic acids is 1. The van der Waals surface area contributed by atoms with Gasteiger partial charge in [-0.25, -0.2) is 17.2 Å². The predicted molar refractivity (Wildman–Crippen MR) is 98.0 cm³/mol. The Morgan fingerprint density at radius 1 is 1.26 bits per heavy atom. The van der Waals surface area contributed by atoms with E-state index in [1.54, 1.807) is 10.6 Å². The number of hydrogen-bond acceptors (Lipinski definition) is 4. The van der Waals surface area contributed by atoms with Crippen molar-refractivity contribution in [2.75, 3.05) is 6.26 Å². The number of aromatic nitrogens is 1. The van der Waals surface area contributed by atoms with Crippen LogP contribution in [0.4, 0.5) is 8.78 Å². The van der Waals surface area contributed by atoms with Crippen molar-refractivity contribution >= 4 is 37.3 Å². The molecule has 1 aromatic heterocycles. The monoisotopic (exact) mass is 406 g/mol. The van der Waals surface area contributed by atoms with Gasteiger partial charge < -0.3 is 4.57 Å². The summed E-state index contributed by atoms with van der Waals surface area (Å²) < 4.78 is 52.4. The maximum absolute atomic E-state index is 13.8. The summed E-state index contributed by atoms with van der Waals surface area (Å²) in [6.45, 7) is 0.0796. The van der Waals surface area contributed by atoms with Crippen LogP contribution < -0.4 is 4.80 Å². The second-order valence-electron chi connectivity index (χ2n) is 5.62. The minimum atomic E-state index is -3.41. The van der Waals surface area contributed by atoms with Crippen molar-refractivity contribution in [2.24, 2.45) is 4.99 Å². The van der Waals surface area contributed by atoms with Gasteiger partial charge in [-0.1, -0.05) is 17.3 Å². The summed E-state index contributed by atoms with van der Waals surface area (Å²) in [6, 6.07) is 7.04. The number of carbonyl (C=O) groups is 1. The highest BCUT2D eigenvalue weighted by Crippen LogP contribution is 2.22. The largest absolute Gasteiger partial charge is 0.305 e. The molecule has 5 nitrogen and oxygen atoms in total. The van der Waals surface area contributed by atoms with Gasteiger partial charge in [-0.2, -0.15) is 4.99 Å². The second kappa shape index (κ2) is 7.06. The molecular weight excluding hydrogens is 394 g/mol.